The molecule has 0 bridgehead atoms. The highest BCUT2D eigenvalue weighted by molar-refractivity contribution is 7.80. The molecule has 1 fully saturated rings. The number of anilines is 1. The molecule has 3 nitrogen and oxygen atoms in total. The molecule has 2 N–H and O–H groups in total. The van der Waals surface area contributed by atoms with Crippen LogP contribution in [0.25, 0.3) is 0 Å². The molecular weight excluding hydrogens is 239 g/mol. The largest absolute Gasteiger partial charge is 0.376 e. The number of benzene rings is 1. The smallest absolute Gasteiger partial charge is 0.170 e. The minimum atomic E-state index is -0.281. The van der Waals surface area contributed by atoms with E-state index in [4.69, 9.17) is 17.0 Å². The maximum atomic E-state index is 12.9. The van der Waals surface area contributed by atoms with E-state index in [0.29, 0.717) is 17.3 Å². The van der Waals surface area contributed by atoms with E-state index in [1.165, 1.54) is 12.1 Å². The Hall–Kier alpha value is -1.20. The predicted octanol–water partition coefficient (Wildman–Crippen LogP) is 2.29. The van der Waals surface area contributed by atoms with E-state index in [0.717, 1.165) is 19.4 Å². The second kappa shape index (κ2) is 5.93. The average molecular weight is 254 g/mol. The summed E-state index contributed by atoms with van der Waals surface area (Å²) >= 11 is 5.11. The SMILES string of the molecule is Fc1cccc(NC(=S)NC[C@H]2CCCO2)c1. The third kappa shape index (κ3) is 3.94. The summed E-state index contributed by atoms with van der Waals surface area (Å²) in [5.41, 5.74) is 0.648. The van der Waals surface area contributed by atoms with Crippen LogP contribution in [-0.2, 0) is 4.74 Å². The van der Waals surface area contributed by atoms with Crippen molar-refractivity contribution in [1.29, 1.82) is 0 Å². The number of ether oxygens (including phenoxy) is 1. The molecule has 17 heavy (non-hydrogen) atoms. The number of rotatable bonds is 3. The minimum absolute atomic E-state index is 0.238. The van der Waals surface area contributed by atoms with Crippen LogP contribution < -0.4 is 10.6 Å². The molecule has 5 heteroatoms. The van der Waals surface area contributed by atoms with Crippen molar-refractivity contribution in [2.45, 2.75) is 18.9 Å². The average Bonchev–Trinajstić information content (AvgIpc) is 2.79. The van der Waals surface area contributed by atoms with Gasteiger partial charge in [0.25, 0.3) is 0 Å². The van der Waals surface area contributed by atoms with Crippen LogP contribution in [-0.4, -0.2) is 24.4 Å². The van der Waals surface area contributed by atoms with Crippen molar-refractivity contribution >= 4 is 23.0 Å². The van der Waals surface area contributed by atoms with Crippen LogP contribution in [0.5, 0.6) is 0 Å². The van der Waals surface area contributed by atoms with Gasteiger partial charge in [0.1, 0.15) is 5.82 Å². The van der Waals surface area contributed by atoms with Gasteiger partial charge in [-0.05, 0) is 43.3 Å². The van der Waals surface area contributed by atoms with Crippen molar-refractivity contribution in [1.82, 2.24) is 5.32 Å². The van der Waals surface area contributed by atoms with Crippen molar-refractivity contribution in [2.24, 2.45) is 0 Å². The lowest BCUT2D eigenvalue weighted by atomic mass is 10.2. The van der Waals surface area contributed by atoms with Crippen molar-refractivity contribution in [3.63, 3.8) is 0 Å². The lowest BCUT2D eigenvalue weighted by Crippen LogP contribution is -2.34. The molecule has 1 aliphatic heterocycles. The van der Waals surface area contributed by atoms with Crippen molar-refractivity contribution in [3.8, 4) is 0 Å². The summed E-state index contributed by atoms with van der Waals surface area (Å²) in [7, 11) is 0. The van der Waals surface area contributed by atoms with Gasteiger partial charge in [-0.2, -0.15) is 0 Å². The van der Waals surface area contributed by atoms with Gasteiger partial charge in [-0.15, -0.1) is 0 Å². The van der Waals surface area contributed by atoms with Crippen LogP contribution in [0, 0.1) is 5.82 Å². The highest BCUT2D eigenvalue weighted by Gasteiger charge is 2.15. The van der Waals surface area contributed by atoms with Crippen molar-refractivity contribution in [3.05, 3.63) is 30.1 Å². The third-order valence-electron chi connectivity index (χ3n) is 2.60. The number of nitrogens with one attached hydrogen (secondary N) is 2. The van der Waals surface area contributed by atoms with E-state index >= 15 is 0 Å². The molecule has 0 saturated carbocycles. The maximum absolute atomic E-state index is 12.9. The molecule has 1 atom stereocenters. The first-order valence-electron chi connectivity index (χ1n) is 5.66. The van der Waals surface area contributed by atoms with Gasteiger partial charge in [-0.3, -0.25) is 0 Å². The van der Waals surface area contributed by atoms with E-state index < -0.39 is 0 Å². The zero-order valence-electron chi connectivity index (χ0n) is 9.41. The fourth-order valence-electron chi connectivity index (χ4n) is 1.75. The summed E-state index contributed by atoms with van der Waals surface area (Å²) < 4.78 is 18.4. The quantitative estimate of drug-likeness (QED) is 0.811. The molecule has 1 aromatic rings. The second-order valence-electron chi connectivity index (χ2n) is 3.98. The summed E-state index contributed by atoms with van der Waals surface area (Å²) in [5, 5.41) is 6.49. The van der Waals surface area contributed by atoms with E-state index in [2.05, 4.69) is 10.6 Å². The molecular formula is C12H15FN2OS. The Labute approximate surface area is 105 Å². The molecule has 1 aromatic carbocycles. The van der Waals surface area contributed by atoms with Crippen molar-refractivity contribution < 1.29 is 9.13 Å². The van der Waals surface area contributed by atoms with Gasteiger partial charge in [-0.25, -0.2) is 4.39 Å². The first kappa shape index (κ1) is 12.3. The standard InChI is InChI=1S/C12H15FN2OS/c13-9-3-1-4-10(7-9)15-12(17)14-8-11-5-2-6-16-11/h1,3-4,7,11H,2,5-6,8H2,(H2,14,15,17)/t11-/m1/s1. The van der Waals surface area contributed by atoms with Crippen LogP contribution >= 0.6 is 12.2 Å². The minimum Gasteiger partial charge on any atom is -0.376 e. The maximum Gasteiger partial charge on any atom is 0.170 e. The fraction of sp³-hybridized carbons (Fsp3) is 0.417. The number of hydrogen-bond acceptors (Lipinski definition) is 2. The highest BCUT2D eigenvalue weighted by Crippen LogP contribution is 2.11. The first-order valence-corrected chi connectivity index (χ1v) is 6.07. The molecule has 0 radical (unpaired) electrons. The van der Waals surface area contributed by atoms with E-state index in [9.17, 15) is 4.39 Å². The zero-order valence-corrected chi connectivity index (χ0v) is 10.2. The van der Waals surface area contributed by atoms with Gasteiger partial charge in [-0.1, -0.05) is 6.07 Å². The Morgan fingerprint density at radius 1 is 1.53 bits per heavy atom. The lowest BCUT2D eigenvalue weighted by Gasteiger charge is -2.13. The molecule has 2 rings (SSSR count). The van der Waals surface area contributed by atoms with Crippen molar-refractivity contribution in [2.75, 3.05) is 18.5 Å². The Morgan fingerprint density at radius 3 is 3.12 bits per heavy atom. The zero-order chi connectivity index (χ0) is 12.1. The third-order valence-corrected chi connectivity index (χ3v) is 2.84. The lowest BCUT2D eigenvalue weighted by molar-refractivity contribution is 0.114. The molecule has 0 unspecified atom stereocenters. The normalized spacial score (nSPS) is 19.0. The molecule has 0 spiro atoms. The number of thiocarbonyl (C=S) groups is 1. The highest BCUT2D eigenvalue weighted by atomic mass is 32.1. The van der Waals surface area contributed by atoms with Gasteiger partial charge in [0.15, 0.2) is 5.11 Å². The van der Waals surface area contributed by atoms with Crippen LogP contribution in [0.1, 0.15) is 12.8 Å². The monoisotopic (exact) mass is 254 g/mol. The van der Waals surface area contributed by atoms with Gasteiger partial charge < -0.3 is 15.4 Å². The molecule has 0 aliphatic carbocycles. The molecule has 1 heterocycles. The van der Waals surface area contributed by atoms with E-state index in [1.807, 2.05) is 0 Å². The van der Waals surface area contributed by atoms with Gasteiger partial charge >= 0.3 is 0 Å². The van der Waals surface area contributed by atoms with Crippen LogP contribution in [0.3, 0.4) is 0 Å². The Bertz CT molecular complexity index is 394. The number of hydrogen-bond donors (Lipinski definition) is 2. The molecule has 1 saturated heterocycles. The van der Waals surface area contributed by atoms with Crippen LogP contribution in [0.15, 0.2) is 24.3 Å². The molecule has 0 aromatic heterocycles. The van der Waals surface area contributed by atoms with Gasteiger partial charge in [0.05, 0.1) is 6.10 Å². The Morgan fingerprint density at radius 2 is 2.41 bits per heavy atom. The van der Waals surface area contributed by atoms with Gasteiger partial charge in [0.2, 0.25) is 0 Å². The van der Waals surface area contributed by atoms with Crippen LogP contribution in [0.4, 0.5) is 10.1 Å². The first-order chi connectivity index (χ1) is 8.24. The summed E-state index contributed by atoms with van der Waals surface area (Å²) in [4.78, 5) is 0. The molecule has 1 aliphatic rings. The Balaban J connectivity index is 1.76. The van der Waals surface area contributed by atoms with E-state index in [-0.39, 0.29) is 11.9 Å². The summed E-state index contributed by atoms with van der Waals surface area (Å²) in [6, 6.07) is 6.21. The number of halogens is 1. The van der Waals surface area contributed by atoms with E-state index in [1.54, 1.807) is 12.1 Å². The summed E-state index contributed by atoms with van der Waals surface area (Å²) in [6.07, 6.45) is 2.41. The molecule has 92 valence electrons. The van der Waals surface area contributed by atoms with Gasteiger partial charge in [0, 0.05) is 18.8 Å². The fourth-order valence-corrected chi connectivity index (χ4v) is 1.95. The topological polar surface area (TPSA) is 33.3 Å². The summed E-state index contributed by atoms with van der Waals surface area (Å²) in [6.45, 7) is 1.53. The molecule has 0 amide bonds. The predicted molar refractivity (Wildman–Crippen MR) is 69.6 cm³/mol. The Kier molecular flexibility index (Phi) is 4.28. The summed E-state index contributed by atoms with van der Waals surface area (Å²) in [5.74, 6) is -0.281. The second-order valence-corrected chi connectivity index (χ2v) is 4.39. The van der Waals surface area contributed by atoms with Crippen LogP contribution in [0.2, 0.25) is 0 Å².